The van der Waals surface area contributed by atoms with Crippen molar-refractivity contribution in [3.8, 4) is 11.5 Å². The summed E-state index contributed by atoms with van der Waals surface area (Å²) in [4.78, 5) is 4.32. The highest BCUT2D eigenvalue weighted by Crippen LogP contribution is 2.33. The molecule has 0 atom stereocenters. The Hall–Kier alpha value is -2.96. The number of aryl methyl sites for hydroxylation is 2. The zero-order chi connectivity index (χ0) is 21.2. The van der Waals surface area contributed by atoms with Gasteiger partial charge in [-0.15, -0.1) is 6.58 Å². The van der Waals surface area contributed by atoms with Crippen LogP contribution < -0.4 is 20.1 Å². The number of methoxy groups -OCH3 is 2. The van der Waals surface area contributed by atoms with Gasteiger partial charge in [-0.1, -0.05) is 25.1 Å². The summed E-state index contributed by atoms with van der Waals surface area (Å²) in [7, 11) is 5.04. The van der Waals surface area contributed by atoms with Crippen LogP contribution in [0.3, 0.4) is 0 Å². The van der Waals surface area contributed by atoms with Crippen LogP contribution in [0.4, 0.5) is 0 Å². The van der Waals surface area contributed by atoms with Crippen LogP contribution in [-0.2, 0) is 32.4 Å². The van der Waals surface area contributed by atoms with Crippen LogP contribution in [0.1, 0.15) is 42.0 Å². The zero-order valence-corrected chi connectivity index (χ0v) is 18.1. The van der Waals surface area contributed by atoms with Gasteiger partial charge in [0.05, 0.1) is 19.9 Å². The molecule has 0 aliphatic heterocycles. The fourth-order valence-electron chi connectivity index (χ4n) is 3.23. The number of benzene rings is 1. The highest BCUT2D eigenvalue weighted by molar-refractivity contribution is 5.79. The molecular formula is C22H32N4O3. The molecule has 2 rings (SSSR count). The molecule has 158 valence electrons. The Bertz CT molecular complexity index is 821. The van der Waals surface area contributed by atoms with E-state index in [2.05, 4.69) is 47.3 Å². The molecule has 0 bridgehead atoms. The summed E-state index contributed by atoms with van der Waals surface area (Å²) in [5.74, 6) is 3.07. The van der Waals surface area contributed by atoms with Crippen molar-refractivity contribution in [2.75, 3.05) is 21.3 Å². The zero-order valence-electron chi connectivity index (χ0n) is 18.1. The van der Waals surface area contributed by atoms with Crippen molar-refractivity contribution < 1.29 is 14.0 Å². The topological polar surface area (TPSA) is 80.9 Å². The van der Waals surface area contributed by atoms with E-state index < -0.39 is 0 Å². The molecule has 0 unspecified atom stereocenters. The highest BCUT2D eigenvalue weighted by atomic mass is 16.5. The second-order valence-corrected chi connectivity index (χ2v) is 6.50. The summed E-state index contributed by atoms with van der Waals surface area (Å²) in [5.41, 5.74) is 4.19. The lowest BCUT2D eigenvalue weighted by molar-refractivity contribution is 0.352. The molecule has 1 heterocycles. The van der Waals surface area contributed by atoms with Crippen molar-refractivity contribution in [2.45, 2.75) is 46.2 Å². The van der Waals surface area contributed by atoms with Gasteiger partial charge in [0.2, 0.25) is 0 Å². The molecule has 0 aliphatic rings. The molecule has 0 saturated heterocycles. The minimum Gasteiger partial charge on any atom is -0.493 e. The monoisotopic (exact) mass is 400 g/mol. The molecule has 29 heavy (non-hydrogen) atoms. The highest BCUT2D eigenvalue weighted by Gasteiger charge is 2.14. The van der Waals surface area contributed by atoms with Crippen LogP contribution in [0.2, 0.25) is 0 Å². The normalized spacial score (nSPS) is 11.3. The molecular weight excluding hydrogens is 368 g/mol. The number of allylic oxidation sites excluding steroid dienone is 1. The van der Waals surface area contributed by atoms with E-state index in [-0.39, 0.29) is 0 Å². The van der Waals surface area contributed by atoms with Gasteiger partial charge in [-0.05, 0) is 30.5 Å². The minimum absolute atomic E-state index is 0.592. The Labute approximate surface area is 173 Å². The van der Waals surface area contributed by atoms with Crippen molar-refractivity contribution >= 4 is 5.96 Å². The number of hydrogen-bond donors (Lipinski definition) is 2. The molecule has 7 heteroatoms. The summed E-state index contributed by atoms with van der Waals surface area (Å²) < 4.78 is 16.4. The van der Waals surface area contributed by atoms with Gasteiger partial charge in [0.15, 0.2) is 17.5 Å². The number of rotatable bonds is 10. The van der Waals surface area contributed by atoms with Crippen LogP contribution in [0.5, 0.6) is 11.5 Å². The Morgan fingerprint density at radius 2 is 1.93 bits per heavy atom. The molecule has 1 aromatic carbocycles. The van der Waals surface area contributed by atoms with E-state index in [4.69, 9.17) is 14.0 Å². The number of nitrogens with zero attached hydrogens (tertiary/aromatic N) is 2. The first kappa shape index (κ1) is 22.3. The number of guanidine groups is 1. The number of aromatic nitrogens is 1. The van der Waals surface area contributed by atoms with Crippen LogP contribution in [-0.4, -0.2) is 32.4 Å². The lowest BCUT2D eigenvalue weighted by Gasteiger charge is -2.16. The average Bonchev–Trinajstić information content (AvgIpc) is 3.15. The Balaban J connectivity index is 2.08. The first-order valence-electron chi connectivity index (χ1n) is 9.87. The molecule has 0 aliphatic carbocycles. The third-order valence-electron chi connectivity index (χ3n) is 4.70. The molecule has 2 aromatic rings. The van der Waals surface area contributed by atoms with Gasteiger partial charge in [0, 0.05) is 37.7 Å². The van der Waals surface area contributed by atoms with E-state index >= 15 is 0 Å². The predicted octanol–water partition coefficient (Wildman–Crippen LogP) is 3.41. The fourth-order valence-corrected chi connectivity index (χ4v) is 3.23. The standard InChI is InChI=1S/C22H32N4O3/c1-7-10-16-11-15(12-20(27-5)21(16)28-6)13-24-22(23-4)25-14-17-18(8-2)26-29-19(17)9-3/h7,11-12H,1,8-10,13-14H2,2-6H3,(H2,23,24,25). The van der Waals surface area contributed by atoms with Crippen molar-refractivity contribution in [1.82, 2.24) is 15.8 Å². The lowest BCUT2D eigenvalue weighted by Crippen LogP contribution is -2.36. The maximum atomic E-state index is 5.50. The predicted molar refractivity (Wildman–Crippen MR) is 116 cm³/mol. The number of aliphatic imine (C=N–C) groups is 1. The van der Waals surface area contributed by atoms with Gasteiger partial charge in [-0.2, -0.15) is 0 Å². The average molecular weight is 401 g/mol. The Morgan fingerprint density at radius 3 is 2.52 bits per heavy atom. The van der Waals surface area contributed by atoms with Gasteiger partial charge in [-0.3, -0.25) is 4.99 Å². The second kappa shape index (κ2) is 11.1. The first-order valence-corrected chi connectivity index (χ1v) is 9.87. The lowest BCUT2D eigenvalue weighted by atomic mass is 10.1. The number of ether oxygens (including phenoxy) is 2. The van der Waals surface area contributed by atoms with E-state index in [9.17, 15) is 0 Å². The molecule has 1 aromatic heterocycles. The molecule has 0 saturated carbocycles. The summed E-state index contributed by atoms with van der Waals surface area (Å²) in [6.07, 6.45) is 4.20. The summed E-state index contributed by atoms with van der Waals surface area (Å²) >= 11 is 0. The van der Waals surface area contributed by atoms with Crippen molar-refractivity contribution in [2.24, 2.45) is 4.99 Å². The van der Waals surface area contributed by atoms with Gasteiger partial charge in [-0.25, -0.2) is 0 Å². The van der Waals surface area contributed by atoms with Gasteiger partial charge < -0.3 is 24.6 Å². The quantitative estimate of drug-likeness (QED) is 0.361. The van der Waals surface area contributed by atoms with Crippen LogP contribution in [0.25, 0.3) is 0 Å². The largest absolute Gasteiger partial charge is 0.493 e. The second-order valence-electron chi connectivity index (χ2n) is 6.50. The third-order valence-corrected chi connectivity index (χ3v) is 4.70. The van der Waals surface area contributed by atoms with Gasteiger partial charge in [0.1, 0.15) is 5.76 Å². The summed E-state index contributed by atoms with van der Waals surface area (Å²) in [5, 5.41) is 10.9. The van der Waals surface area contributed by atoms with Gasteiger partial charge >= 0.3 is 0 Å². The van der Waals surface area contributed by atoms with E-state index in [1.54, 1.807) is 21.3 Å². The van der Waals surface area contributed by atoms with Crippen LogP contribution in [0.15, 0.2) is 34.3 Å². The van der Waals surface area contributed by atoms with E-state index in [1.807, 2.05) is 12.1 Å². The maximum absolute atomic E-state index is 5.50. The van der Waals surface area contributed by atoms with Gasteiger partial charge in [0.25, 0.3) is 0 Å². The van der Waals surface area contributed by atoms with Crippen LogP contribution >= 0.6 is 0 Å². The minimum atomic E-state index is 0.592. The maximum Gasteiger partial charge on any atom is 0.191 e. The SMILES string of the molecule is C=CCc1cc(CNC(=NC)NCc2c(CC)noc2CC)cc(OC)c1OC. The van der Waals surface area contributed by atoms with Crippen molar-refractivity contribution in [3.05, 3.63) is 52.9 Å². The molecule has 2 N–H and O–H groups in total. The van der Waals surface area contributed by atoms with E-state index in [0.717, 1.165) is 46.7 Å². The fraction of sp³-hybridized carbons (Fsp3) is 0.455. The smallest absolute Gasteiger partial charge is 0.191 e. The first-order chi connectivity index (χ1) is 14.1. The summed E-state index contributed by atoms with van der Waals surface area (Å²) in [6.45, 7) is 9.17. The van der Waals surface area contributed by atoms with Crippen molar-refractivity contribution in [1.29, 1.82) is 0 Å². The molecule has 0 amide bonds. The molecule has 7 nitrogen and oxygen atoms in total. The van der Waals surface area contributed by atoms with E-state index in [0.29, 0.717) is 31.2 Å². The number of nitrogens with one attached hydrogen (secondary N) is 2. The van der Waals surface area contributed by atoms with Crippen molar-refractivity contribution in [3.63, 3.8) is 0 Å². The molecule has 0 radical (unpaired) electrons. The molecule has 0 spiro atoms. The summed E-state index contributed by atoms with van der Waals surface area (Å²) in [6, 6.07) is 4.06. The number of hydrogen-bond acceptors (Lipinski definition) is 5. The molecule has 0 fully saturated rings. The van der Waals surface area contributed by atoms with E-state index in [1.165, 1.54) is 0 Å². The van der Waals surface area contributed by atoms with Crippen LogP contribution in [0, 0.1) is 0 Å². The Kier molecular flexibility index (Phi) is 8.58. The Morgan fingerprint density at radius 1 is 1.17 bits per heavy atom. The third kappa shape index (κ3) is 5.53.